The third-order valence-electron chi connectivity index (χ3n) is 7.58. The standard InChI is InChI=1S/C21H31F9O3/c1-4-17(3,19(22,23)24)11-16(2)10-13-8-14(16)15(9-13)32-12-18(20(25,26)27,21(28,29)30)33-7-5-6-31/h13-15,31H,4-12H2,1-3H3. The zero-order chi connectivity index (χ0) is 25.5. The number of alkyl halides is 9. The smallest absolute Gasteiger partial charge is 0.396 e. The Labute approximate surface area is 187 Å². The lowest BCUT2D eigenvalue weighted by atomic mass is 9.63. The molecule has 2 bridgehead atoms. The normalized spacial score (nSPS) is 30.6. The number of hydrogen-bond donors (Lipinski definition) is 1. The van der Waals surface area contributed by atoms with Gasteiger partial charge in [0.05, 0.1) is 24.7 Å². The van der Waals surface area contributed by atoms with Crippen LogP contribution in [0.25, 0.3) is 0 Å². The zero-order valence-corrected chi connectivity index (χ0v) is 18.8. The SMILES string of the molecule is CCC(C)(CC1(C)CC2CC(OCC(OCCCO)(C(F)(F)F)C(F)(F)F)C1C2)C(F)(F)F. The summed E-state index contributed by atoms with van der Waals surface area (Å²) >= 11 is 0. The maximum Gasteiger partial charge on any atom is 0.428 e. The Morgan fingerprint density at radius 2 is 1.52 bits per heavy atom. The van der Waals surface area contributed by atoms with Gasteiger partial charge in [-0.15, -0.1) is 0 Å². The fourth-order valence-electron chi connectivity index (χ4n) is 5.58. The molecule has 0 aliphatic heterocycles. The summed E-state index contributed by atoms with van der Waals surface area (Å²) in [6.45, 7) is 0.613. The molecule has 2 saturated carbocycles. The van der Waals surface area contributed by atoms with E-state index in [1.807, 2.05) is 0 Å². The second-order valence-electron chi connectivity index (χ2n) is 9.99. The Kier molecular flexibility index (Phi) is 8.09. The Hall–Kier alpha value is -0.750. The molecule has 196 valence electrons. The molecule has 0 amide bonds. The van der Waals surface area contributed by atoms with E-state index >= 15 is 0 Å². The van der Waals surface area contributed by atoms with Crippen LogP contribution in [0, 0.1) is 22.7 Å². The fourth-order valence-corrected chi connectivity index (χ4v) is 5.58. The molecule has 2 aliphatic rings. The maximum atomic E-state index is 13.7. The van der Waals surface area contributed by atoms with Crippen LogP contribution in [-0.2, 0) is 9.47 Å². The molecule has 12 heteroatoms. The van der Waals surface area contributed by atoms with Gasteiger partial charge in [0.2, 0.25) is 0 Å². The van der Waals surface area contributed by atoms with Gasteiger partial charge in [0.15, 0.2) is 0 Å². The highest BCUT2D eigenvalue weighted by molar-refractivity contribution is 5.06. The number of rotatable bonds is 10. The van der Waals surface area contributed by atoms with E-state index in [2.05, 4.69) is 4.74 Å². The summed E-state index contributed by atoms with van der Waals surface area (Å²) in [5.74, 6) is -0.715. The molecule has 2 rings (SSSR count). The average Bonchev–Trinajstić information content (AvgIpc) is 3.18. The third-order valence-corrected chi connectivity index (χ3v) is 7.58. The minimum absolute atomic E-state index is 0.124. The molecule has 5 unspecified atom stereocenters. The first-order valence-electron chi connectivity index (χ1n) is 10.9. The van der Waals surface area contributed by atoms with Crippen LogP contribution in [0.15, 0.2) is 0 Å². The van der Waals surface area contributed by atoms with Crippen molar-refractivity contribution in [1.29, 1.82) is 0 Å². The van der Waals surface area contributed by atoms with Crippen LogP contribution in [0.3, 0.4) is 0 Å². The van der Waals surface area contributed by atoms with E-state index < -0.39 is 73.2 Å². The molecule has 0 radical (unpaired) electrons. The number of halogens is 9. The zero-order valence-electron chi connectivity index (χ0n) is 18.8. The highest BCUT2D eigenvalue weighted by atomic mass is 19.4. The maximum absolute atomic E-state index is 13.7. The lowest BCUT2D eigenvalue weighted by Gasteiger charge is -2.46. The Morgan fingerprint density at radius 3 is 1.94 bits per heavy atom. The van der Waals surface area contributed by atoms with Crippen molar-refractivity contribution < 1.29 is 54.1 Å². The second kappa shape index (κ2) is 9.37. The lowest BCUT2D eigenvalue weighted by molar-refractivity contribution is -0.393. The number of hydrogen-bond acceptors (Lipinski definition) is 3. The number of fused-ring (bicyclic) bond motifs is 2. The molecule has 33 heavy (non-hydrogen) atoms. The van der Waals surface area contributed by atoms with Gasteiger partial charge in [0.1, 0.15) is 0 Å². The third kappa shape index (κ3) is 5.42. The van der Waals surface area contributed by atoms with Gasteiger partial charge in [-0.1, -0.05) is 20.8 Å². The van der Waals surface area contributed by atoms with E-state index in [0.29, 0.717) is 12.8 Å². The second-order valence-corrected chi connectivity index (χ2v) is 9.99. The minimum Gasteiger partial charge on any atom is -0.396 e. The minimum atomic E-state index is -5.85. The van der Waals surface area contributed by atoms with E-state index in [9.17, 15) is 39.5 Å². The topological polar surface area (TPSA) is 38.7 Å². The summed E-state index contributed by atoms with van der Waals surface area (Å²) in [5.41, 5.74) is -7.53. The van der Waals surface area contributed by atoms with Crippen LogP contribution in [-0.4, -0.2) is 55.2 Å². The van der Waals surface area contributed by atoms with E-state index in [1.165, 1.54) is 6.92 Å². The molecule has 3 nitrogen and oxygen atoms in total. The quantitative estimate of drug-likeness (QED) is 0.276. The molecule has 0 heterocycles. The Bertz CT molecular complexity index is 647. The van der Waals surface area contributed by atoms with E-state index in [-0.39, 0.29) is 25.2 Å². The van der Waals surface area contributed by atoms with Gasteiger partial charge in [0, 0.05) is 6.61 Å². The van der Waals surface area contributed by atoms with E-state index in [1.54, 1.807) is 6.92 Å². The fraction of sp³-hybridized carbons (Fsp3) is 1.00. The van der Waals surface area contributed by atoms with Crippen molar-refractivity contribution in [3.63, 3.8) is 0 Å². The van der Waals surface area contributed by atoms with E-state index in [0.717, 1.165) is 6.92 Å². The molecule has 0 spiro atoms. The first kappa shape index (κ1) is 28.5. The Balaban J connectivity index is 2.24. The summed E-state index contributed by atoms with van der Waals surface area (Å²) < 4.78 is 132. The van der Waals surface area contributed by atoms with Crippen molar-refractivity contribution in [2.24, 2.45) is 22.7 Å². The van der Waals surface area contributed by atoms with Gasteiger partial charge in [0.25, 0.3) is 5.60 Å². The molecular formula is C21H31F9O3. The summed E-state index contributed by atoms with van der Waals surface area (Å²) in [5, 5.41) is 8.72. The van der Waals surface area contributed by atoms with Crippen molar-refractivity contribution in [2.75, 3.05) is 19.8 Å². The molecule has 0 aromatic rings. The van der Waals surface area contributed by atoms with Crippen LogP contribution < -0.4 is 0 Å². The molecule has 0 saturated heterocycles. The van der Waals surface area contributed by atoms with Gasteiger partial charge in [-0.05, 0) is 55.8 Å². The molecule has 2 fully saturated rings. The molecule has 1 N–H and O–H groups in total. The van der Waals surface area contributed by atoms with Gasteiger partial charge in [-0.2, -0.15) is 39.5 Å². The van der Waals surface area contributed by atoms with Gasteiger partial charge < -0.3 is 14.6 Å². The largest absolute Gasteiger partial charge is 0.428 e. The van der Waals surface area contributed by atoms with Crippen LogP contribution >= 0.6 is 0 Å². The van der Waals surface area contributed by atoms with Crippen molar-refractivity contribution in [1.82, 2.24) is 0 Å². The van der Waals surface area contributed by atoms with Crippen molar-refractivity contribution in [3.8, 4) is 0 Å². The summed E-state index contributed by atoms with van der Waals surface area (Å²) in [6, 6.07) is 0. The first-order valence-corrected chi connectivity index (χ1v) is 10.9. The molecular weight excluding hydrogens is 471 g/mol. The first-order chi connectivity index (χ1) is 14.9. The van der Waals surface area contributed by atoms with Gasteiger partial charge in [-0.3, -0.25) is 0 Å². The van der Waals surface area contributed by atoms with Crippen LogP contribution in [0.1, 0.15) is 59.3 Å². The van der Waals surface area contributed by atoms with Crippen LogP contribution in [0.5, 0.6) is 0 Å². The highest BCUT2D eigenvalue weighted by Crippen LogP contribution is 2.63. The predicted molar refractivity (Wildman–Crippen MR) is 100 cm³/mol. The van der Waals surface area contributed by atoms with Gasteiger partial charge >= 0.3 is 18.5 Å². The highest BCUT2D eigenvalue weighted by Gasteiger charge is 2.73. The van der Waals surface area contributed by atoms with Crippen molar-refractivity contribution >= 4 is 0 Å². The van der Waals surface area contributed by atoms with Crippen molar-refractivity contribution in [3.05, 3.63) is 0 Å². The summed E-state index contributed by atoms with van der Waals surface area (Å²) in [6.07, 6.45) is -17.1. The van der Waals surface area contributed by atoms with Crippen LogP contribution in [0.2, 0.25) is 0 Å². The van der Waals surface area contributed by atoms with E-state index in [4.69, 9.17) is 9.84 Å². The molecule has 0 aromatic heterocycles. The molecule has 5 atom stereocenters. The molecule has 0 aromatic carbocycles. The average molecular weight is 502 g/mol. The monoisotopic (exact) mass is 502 g/mol. The molecule has 2 aliphatic carbocycles. The number of ether oxygens (including phenoxy) is 2. The predicted octanol–water partition coefficient (Wildman–Crippen LogP) is 6.44. The summed E-state index contributed by atoms with van der Waals surface area (Å²) in [7, 11) is 0. The summed E-state index contributed by atoms with van der Waals surface area (Å²) in [4.78, 5) is 0. The van der Waals surface area contributed by atoms with Gasteiger partial charge in [-0.25, -0.2) is 0 Å². The number of aliphatic hydroxyl groups is 1. The Morgan fingerprint density at radius 1 is 0.939 bits per heavy atom. The van der Waals surface area contributed by atoms with Crippen LogP contribution in [0.4, 0.5) is 39.5 Å². The lowest BCUT2D eigenvalue weighted by Crippen LogP contribution is -2.62. The number of aliphatic hydroxyl groups excluding tert-OH is 1. The van der Waals surface area contributed by atoms with Crippen molar-refractivity contribution in [2.45, 2.75) is 89.5 Å².